The lowest BCUT2D eigenvalue weighted by atomic mass is 10.1. The number of benzene rings is 1. The molecular weight excluding hydrogens is 266 g/mol. The molecule has 0 aliphatic rings. The molecule has 0 unspecified atom stereocenters. The third-order valence-corrected chi connectivity index (χ3v) is 2.87. The average Bonchev–Trinajstić information content (AvgIpc) is 2.80. The lowest BCUT2D eigenvalue weighted by Crippen LogP contribution is -1.96. The Hall–Kier alpha value is -2.76. The van der Waals surface area contributed by atoms with Crippen molar-refractivity contribution in [2.45, 2.75) is 0 Å². The fourth-order valence-electron chi connectivity index (χ4n) is 1.96. The van der Waals surface area contributed by atoms with Crippen molar-refractivity contribution in [2.24, 2.45) is 0 Å². The number of carbonyl (C=O) groups is 1. The zero-order valence-corrected chi connectivity index (χ0v) is 10.0. The molecule has 100 valence electrons. The van der Waals surface area contributed by atoms with Crippen molar-refractivity contribution in [3.8, 4) is 11.3 Å². The van der Waals surface area contributed by atoms with Crippen LogP contribution in [0.2, 0.25) is 0 Å². The van der Waals surface area contributed by atoms with Gasteiger partial charge in [-0.3, -0.25) is 0 Å². The molecule has 0 atom stereocenters. The van der Waals surface area contributed by atoms with E-state index in [1.807, 2.05) is 0 Å². The molecule has 0 aliphatic carbocycles. The molecule has 3 aromatic rings. The van der Waals surface area contributed by atoms with Crippen LogP contribution in [-0.2, 0) is 0 Å². The zero-order chi connectivity index (χ0) is 14.3. The van der Waals surface area contributed by atoms with E-state index >= 15 is 0 Å². The molecule has 0 saturated carbocycles. The van der Waals surface area contributed by atoms with Crippen molar-refractivity contribution >= 4 is 11.6 Å². The van der Waals surface area contributed by atoms with E-state index in [4.69, 9.17) is 5.11 Å². The fraction of sp³-hybridized carbons (Fsp3) is 0. The van der Waals surface area contributed by atoms with Crippen molar-refractivity contribution in [1.29, 1.82) is 0 Å². The van der Waals surface area contributed by atoms with Crippen molar-refractivity contribution in [3.63, 3.8) is 0 Å². The predicted octanol–water partition coefficient (Wildman–Crippen LogP) is 2.98. The molecule has 1 N–H and O–H groups in total. The van der Waals surface area contributed by atoms with Gasteiger partial charge in [0.1, 0.15) is 17.3 Å². The summed E-state index contributed by atoms with van der Waals surface area (Å²) >= 11 is 0. The number of aromatic nitrogens is 2. The summed E-state index contributed by atoms with van der Waals surface area (Å²) in [5.41, 5.74) is 1.15. The van der Waals surface area contributed by atoms with Crippen LogP contribution in [0.4, 0.5) is 8.78 Å². The van der Waals surface area contributed by atoms with Crippen LogP contribution in [0.5, 0.6) is 0 Å². The summed E-state index contributed by atoms with van der Waals surface area (Å²) < 4.78 is 28.0. The Balaban J connectivity index is 2.15. The Morgan fingerprint density at radius 1 is 1.15 bits per heavy atom. The quantitative estimate of drug-likeness (QED) is 0.781. The molecule has 4 nitrogen and oxygen atoms in total. The molecule has 0 spiro atoms. The summed E-state index contributed by atoms with van der Waals surface area (Å²) in [6.45, 7) is 0. The van der Waals surface area contributed by atoms with E-state index in [0.29, 0.717) is 16.9 Å². The first-order valence-electron chi connectivity index (χ1n) is 5.71. The van der Waals surface area contributed by atoms with E-state index in [1.165, 1.54) is 30.5 Å². The minimum Gasteiger partial charge on any atom is -0.478 e. The molecular formula is C14H8F2N2O2. The van der Waals surface area contributed by atoms with Crippen LogP contribution in [0.3, 0.4) is 0 Å². The zero-order valence-electron chi connectivity index (χ0n) is 10.0. The van der Waals surface area contributed by atoms with Gasteiger partial charge in [-0.15, -0.1) is 0 Å². The molecule has 3 rings (SSSR count). The maximum absolute atomic E-state index is 13.2. The van der Waals surface area contributed by atoms with Gasteiger partial charge >= 0.3 is 5.97 Å². The van der Waals surface area contributed by atoms with Gasteiger partial charge in [0.05, 0.1) is 11.3 Å². The normalized spacial score (nSPS) is 10.9. The van der Waals surface area contributed by atoms with E-state index in [9.17, 15) is 13.6 Å². The summed E-state index contributed by atoms with van der Waals surface area (Å²) in [6.07, 6.45) is 3.11. The number of hydrogen-bond acceptors (Lipinski definition) is 2. The Kier molecular flexibility index (Phi) is 2.71. The van der Waals surface area contributed by atoms with Gasteiger partial charge in [-0.05, 0) is 24.3 Å². The Labute approximate surface area is 111 Å². The molecule has 6 heteroatoms. The second kappa shape index (κ2) is 4.41. The summed E-state index contributed by atoms with van der Waals surface area (Å²) in [6, 6.07) is 5.93. The van der Waals surface area contributed by atoms with Gasteiger partial charge in [0, 0.05) is 24.0 Å². The molecule has 2 heterocycles. The number of imidazole rings is 1. The number of rotatable bonds is 2. The van der Waals surface area contributed by atoms with E-state index in [-0.39, 0.29) is 5.56 Å². The van der Waals surface area contributed by atoms with Crippen molar-refractivity contribution in [3.05, 3.63) is 59.9 Å². The minimum absolute atomic E-state index is 0.0973. The molecule has 0 saturated heterocycles. The Bertz CT molecular complexity index is 807. The van der Waals surface area contributed by atoms with E-state index in [2.05, 4.69) is 4.98 Å². The van der Waals surface area contributed by atoms with Crippen LogP contribution in [0.1, 0.15) is 10.4 Å². The molecule has 1 aromatic carbocycles. The van der Waals surface area contributed by atoms with Crippen LogP contribution in [0.25, 0.3) is 16.9 Å². The molecule has 0 radical (unpaired) electrons. The minimum atomic E-state index is -1.06. The molecule has 2 aromatic heterocycles. The first-order chi connectivity index (χ1) is 9.52. The van der Waals surface area contributed by atoms with Gasteiger partial charge in [-0.25, -0.2) is 18.6 Å². The molecule has 20 heavy (non-hydrogen) atoms. The Morgan fingerprint density at radius 2 is 1.85 bits per heavy atom. The second-order valence-corrected chi connectivity index (χ2v) is 4.27. The summed E-state index contributed by atoms with van der Waals surface area (Å²) in [4.78, 5) is 15.0. The highest BCUT2D eigenvalue weighted by Crippen LogP contribution is 2.21. The van der Waals surface area contributed by atoms with E-state index in [0.717, 1.165) is 6.07 Å². The highest BCUT2D eigenvalue weighted by atomic mass is 19.1. The lowest BCUT2D eigenvalue weighted by Gasteiger charge is -1.96. The molecule has 0 bridgehead atoms. The van der Waals surface area contributed by atoms with Crippen LogP contribution < -0.4 is 0 Å². The molecule has 0 aliphatic heterocycles. The topological polar surface area (TPSA) is 54.6 Å². The summed E-state index contributed by atoms with van der Waals surface area (Å²) in [5.74, 6) is -2.44. The van der Waals surface area contributed by atoms with Crippen LogP contribution in [0.15, 0.2) is 42.7 Å². The van der Waals surface area contributed by atoms with Gasteiger partial charge in [0.15, 0.2) is 0 Å². The molecule has 0 amide bonds. The van der Waals surface area contributed by atoms with Gasteiger partial charge < -0.3 is 9.51 Å². The van der Waals surface area contributed by atoms with Gasteiger partial charge in [-0.1, -0.05) is 0 Å². The van der Waals surface area contributed by atoms with Crippen LogP contribution in [0, 0.1) is 11.6 Å². The summed E-state index contributed by atoms with van der Waals surface area (Å²) in [7, 11) is 0. The van der Waals surface area contributed by atoms with Crippen molar-refractivity contribution < 1.29 is 18.7 Å². The number of pyridine rings is 1. The number of carboxylic acids is 1. The van der Waals surface area contributed by atoms with E-state index in [1.54, 1.807) is 10.6 Å². The Morgan fingerprint density at radius 3 is 2.50 bits per heavy atom. The number of aromatic carboxylic acids is 1. The van der Waals surface area contributed by atoms with Gasteiger partial charge in [-0.2, -0.15) is 0 Å². The van der Waals surface area contributed by atoms with Crippen molar-refractivity contribution in [2.75, 3.05) is 0 Å². The monoisotopic (exact) mass is 274 g/mol. The predicted molar refractivity (Wildman–Crippen MR) is 67.5 cm³/mol. The maximum Gasteiger partial charge on any atom is 0.335 e. The fourth-order valence-corrected chi connectivity index (χ4v) is 1.96. The SMILES string of the molecule is O=C(O)c1ccn2cc(-c3cc(F)cc(F)c3)nc2c1. The average molecular weight is 274 g/mol. The standard InChI is InChI=1S/C14H8F2N2O2/c15-10-3-9(4-11(16)6-10)12-7-18-2-1-8(14(19)20)5-13(18)17-12/h1-7H,(H,19,20). The maximum atomic E-state index is 13.2. The van der Waals surface area contributed by atoms with Crippen LogP contribution >= 0.6 is 0 Å². The van der Waals surface area contributed by atoms with Crippen molar-refractivity contribution in [1.82, 2.24) is 9.38 Å². The van der Waals surface area contributed by atoms with Gasteiger partial charge in [0.25, 0.3) is 0 Å². The largest absolute Gasteiger partial charge is 0.478 e. The number of hydrogen-bond donors (Lipinski definition) is 1. The molecule has 0 fully saturated rings. The number of carboxylic acid groups (broad SMARTS) is 1. The number of fused-ring (bicyclic) bond motifs is 1. The first-order valence-corrected chi connectivity index (χ1v) is 5.71. The number of nitrogens with zero attached hydrogens (tertiary/aromatic N) is 2. The first kappa shape index (κ1) is 12.3. The van der Waals surface area contributed by atoms with Crippen LogP contribution in [-0.4, -0.2) is 20.5 Å². The third-order valence-electron chi connectivity index (χ3n) is 2.87. The third kappa shape index (κ3) is 2.11. The second-order valence-electron chi connectivity index (χ2n) is 4.27. The van der Waals surface area contributed by atoms with Gasteiger partial charge in [0.2, 0.25) is 0 Å². The van der Waals surface area contributed by atoms with E-state index < -0.39 is 17.6 Å². The summed E-state index contributed by atoms with van der Waals surface area (Å²) in [5, 5.41) is 8.90. The lowest BCUT2D eigenvalue weighted by molar-refractivity contribution is 0.0697. The smallest absolute Gasteiger partial charge is 0.335 e. The highest BCUT2D eigenvalue weighted by molar-refractivity contribution is 5.88. The number of halogens is 2. The highest BCUT2D eigenvalue weighted by Gasteiger charge is 2.10.